The summed E-state index contributed by atoms with van der Waals surface area (Å²) in [6.07, 6.45) is 3.21. The number of Topliss-reactive ketones (excluding diaryl/α,β-unsaturated/α-hetero) is 1. The van der Waals surface area contributed by atoms with Gasteiger partial charge in [0.1, 0.15) is 11.7 Å². The standard InChI is InChI=1S/C19H15N5O3S2/c20-17(26)16(25)13(9-11-10-29-19-12(11)5-8-28-19)23-18(27)14-4-7-22-24(14)15-3-1-2-6-21-15/h1-8,10,13H,9H2,(H2,20,26)(H,23,27). The SMILES string of the molecule is NC(=O)C(=O)C(Cc1csc2sccc12)NC(=O)c1ccnn1-c1ccccn1. The molecular weight excluding hydrogens is 410 g/mol. The monoisotopic (exact) mass is 425 g/mol. The molecule has 1 atom stereocenters. The maximum absolute atomic E-state index is 12.9. The van der Waals surface area contributed by atoms with Crippen LogP contribution in [0.25, 0.3) is 15.2 Å². The Morgan fingerprint density at radius 1 is 1.14 bits per heavy atom. The van der Waals surface area contributed by atoms with Gasteiger partial charge in [-0.2, -0.15) is 5.10 Å². The Bertz CT molecular complexity index is 1190. The molecule has 4 aromatic heterocycles. The quantitative estimate of drug-likeness (QED) is 0.439. The van der Waals surface area contributed by atoms with E-state index < -0.39 is 23.6 Å². The van der Waals surface area contributed by atoms with Crippen LogP contribution in [0.1, 0.15) is 16.1 Å². The van der Waals surface area contributed by atoms with Crippen molar-refractivity contribution in [2.45, 2.75) is 12.5 Å². The molecule has 0 aliphatic rings. The summed E-state index contributed by atoms with van der Waals surface area (Å²) in [6, 6.07) is 7.61. The van der Waals surface area contributed by atoms with Crippen molar-refractivity contribution in [3.05, 3.63) is 64.7 Å². The number of fused-ring (bicyclic) bond motifs is 1. The Morgan fingerprint density at radius 3 is 2.76 bits per heavy atom. The zero-order valence-corrected chi connectivity index (χ0v) is 16.6. The second-order valence-corrected chi connectivity index (χ2v) is 8.21. The van der Waals surface area contributed by atoms with E-state index in [2.05, 4.69) is 15.4 Å². The van der Waals surface area contributed by atoms with E-state index in [1.54, 1.807) is 47.1 Å². The first-order valence-corrected chi connectivity index (χ1v) is 10.3. The highest BCUT2D eigenvalue weighted by Gasteiger charge is 2.28. The number of carbonyl (C=O) groups excluding carboxylic acids is 3. The fourth-order valence-electron chi connectivity index (χ4n) is 2.94. The number of ketones is 1. The van der Waals surface area contributed by atoms with Gasteiger partial charge in [0.05, 0.1) is 10.2 Å². The number of carbonyl (C=O) groups is 3. The van der Waals surface area contributed by atoms with Crippen LogP contribution in [-0.2, 0) is 16.0 Å². The molecular formula is C19H15N5O3S2. The van der Waals surface area contributed by atoms with Gasteiger partial charge in [0.25, 0.3) is 11.8 Å². The molecule has 0 spiro atoms. The number of rotatable bonds is 7. The molecule has 2 amide bonds. The lowest BCUT2D eigenvalue weighted by atomic mass is 10.0. The van der Waals surface area contributed by atoms with Crippen molar-refractivity contribution in [2.75, 3.05) is 0 Å². The molecule has 29 heavy (non-hydrogen) atoms. The summed E-state index contributed by atoms with van der Waals surface area (Å²) in [7, 11) is 0. The smallest absolute Gasteiger partial charge is 0.287 e. The van der Waals surface area contributed by atoms with Crippen LogP contribution in [0.5, 0.6) is 0 Å². The van der Waals surface area contributed by atoms with Gasteiger partial charge in [0.15, 0.2) is 5.82 Å². The van der Waals surface area contributed by atoms with E-state index in [9.17, 15) is 14.4 Å². The molecule has 10 heteroatoms. The van der Waals surface area contributed by atoms with E-state index in [-0.39, 0.29) is 12.1 Å². The fraction of sp³-hybridized carbons (Fsp3) is 0.105. The highest BCUT2D eigenvalue weighted by Crippen LogP contribution is 2.31. The van der Waals surface area contributed by atoms with E-state index in [1.807, 2.05) is 16.8 Å². The number of pyridine rings is 1. The third kappa shape index (κ3) is 3.80. The van der Waals surface area contributed by atoms with Crippen LogP contribution >= 0.6 is 22.7 Å². The number of thiophene rings is 2. The molecule has 0 saturated carbocycles. The number of nitrogens with zero attached hydrogens (tertiary/aromatic N) is 3. The summed E-state index contributed by atoms with van der Waals surface area (Å²) < 4.78 is 2.48. The molecule has 0 aliphatic carbocycles. The van der Waals surface area contributed by atoms with Crippen LogP contribution in [0.4, 0.5) is 0 Å². The average Bonchev–Trinajstić information content (AvgIpc) is 3.45. The maximum Gasteiger partial charge on any atom is 0.287 e. The van der Waals surface area contributed by atoms with E-state index >= 15 is 0 Å². The van der Waals surface area contributed by atoms with Crippen molar-refractivity contribution in [3.63, 3.8) is 0 Å². The van der Waals surface area contributed by atoms with Gasteiger partial charge in [-0.15, -0.1) is 22.7 Å². The molecule has 4 aromatic rings. The first-order chi connectivity index (χ1) is 14.0. The summed E-state index contributed by atoms with van der Waals surface area (Å²) in [4.78, 5) is 41.0. The summed E-state index contributed by atoms with van der Waals surface area (Å²) in [5.41, 5.74) is 6.28. The molecule has 8 nitrogen and oxygen atoms in total. The highest BCUT2D eigenvalue weighted by molar-refractivity contribution is 7.36. The lowest BCUT2D eigenvalue weighted by Gasteiger charge is -2.16. The number of amides is 2. The minimum Gasteiger partial charge on any atom is -0.363 e. The number of nitrogens with two attached hydrogens (primary N) is 1. The molecule has 0 aliphatic heterocycles. The molecule has 0 radical (unpaired) electrons. The Kier molecular flexibility index (Phi) is 5.19. The molecule has 0 fully saturated rings. The Morgan fingerprint density at radius 2 is 2.00 bits per heavy atom. The number of hydrogen-bond acceptors (Lipinski definition) is 7. The zero-order chi connectivity index (χ0) is 20.4. The van der Waals surface area contributed by atoms with E-state index in [0.717, 1.165) is 15.0 Å². The van der Waals surface area contributed by atoms with Crippen molar-refractivity contribution in [1.82, 2.24) is 20.1 Å². The van der Waals surface area contributed by atoms with Gasteiger partial charge >= 0.3 is 0 Å². The first kappa shape index (κ1) is 19.0. The third-order valence-corrected chi connectivity index (χ3v) is 6.43. The van der Waals surface area contributed by atoms with Gasteiger partial charge in [-0.25, -0.2) is 9.67 Å². The minimum atomic E-state index is -1.09. The zero-order valence-electron chi connectivity index (χ0n) is 14.9. The Balaban J connectivity index is 1.61. The van der Waals surface area contributed by atoms with Crippen molar-refractivity contribution < 1.29 is 14.4 Å². The molecule has 0 aromatic carbocycles. The highest BCUT2D eigenvalue weighted by atomic mass is 32.2. The molecule has 0 saturated heterocycles. The van der Waals surface area contributed by atoms with E-state index in [4.69, 9.17) is 5.73 Å². The largest absolute Gasteiger partial charge is 0.363 e. The van der Waals surface area contributed by atoms with E-state index in [0.29, 0.717) is 5.82 Å². The van der Waals surface area contributed by atoms with Crippen LogP contribution in [0, 0.1) is 0 Å². The summed E-state index contributed by atoms with van der Waals surface area (Å²) in [6.45, 7) is 0. The lowest BCUT2D eigenvalue weighted by Crippen LogP contribution is -2.47. The van der Waals surface area contributed by atoms with Crippen LogP contribution in [0.15, 0.2) is 53.5 Å². The predicted molar refractivity (Wildman–Crippen MR) is 110 cm³/mol. The van der Waals surface area contributed by atoms with Gasteiger partial charge < -0.3 is 11.1 Å². The predicted octanol–water partition coefficient (Wildman–Crippen LogP) is 1.94. The molecule has 4 rings (SSSR count). The molecule has 3 N–H and O–H groups in total. The molecule has 1 unspecified atom stereocenters. The van der Waals surface area contributed by atoms with Gasteiger partial charge in [0, 0.05) is 18.0 Å². The van der Waals surface area contributed by atoms with Crippen LogP contribution in [0.3, 0.4) is 0 Å². The summed E-state index contributed by atoms with van der Waals surface area (Å²) in [5.74, 6) is -2.04. The van der Waals surface area contributed by atoms with Gasteiger partial charge in [0.2, 0.25) is 5.78 Å². The number of aromatic nitrogens is 3. The minimum absolute atomic E-state index is 0.169. The second kappa shape index (κ2) is 7.94. The number of hydrogen-bond donors (Lipinski definition) is 2. The van der Waals surface area contributed by atoms with Crippen LogP contribution in [0.2, 0.25) is 0 Å². The van der Waals surface area contributed by atoms with Gasteiger partial charge in [-0.3, -0.25) is 14.4 Å². The third-order valence-electron chi connectivity index (χ3n) is 4.31. The lowest BCUT2D eigenvalue weighted by molar-refractivity contribution is -0.137. The fourth-order valence-corrected chi connectivity index (χ4v) is 4.93. The normalized spacial score (nSPS) is 12.0. The first-order valence-electron chi connectivity index (χ1n) is 8.58. The van der Waals surface area contributed by atoms with Crippen molar-refractivity contribution >= 4 is 49.7 Å². The van der Waals surface area contributed by atoms with Gasteiger partial charge in [-0.05, 0) is 40.6 Å². The Labute approximate surface area is 173 Å². The molecule has 0 bridgehead atoms. The van der Waals surface area contributed by atoms with Gasteiger partial charge in [-0.1, -0.05) is 6.07 Å². The maximum atomic E-state index is 12.9. The van der Waals surface area contributed by atoms with Crippen LogP contribution < -0.4 is 11.1 Å². The number of nitrogens with one attached hydrogen (secondary N) is 1. The topological polar surface area (TPSA) is 120 Å². The van der Waals surface area contributed by atoms with Crippen molar-refractivity contribution in [1.29, 1.82) is 0 Å². The Hall–Kier alpha value is -3.37. The van der Waals surface area contributed by atoms with Crippen molar-refractivity contribution in [3.8, 4) is 5.82 Å². The van der Waals surface area contributed by atoms with E-state index in [1.165, 1.54) is 16.9 Å². The summed E-state index contributed by atoms with van der Waals surface area (Å²) in [5, 5.41) is 11.7. The number of primary amides is 1. The van der Waals surface area contributed by atoms with Crippen molar-refractivity contribution in [2.24, 2.45) is 5.73 Å². The summed E-state index contributed by atoms with van der Waals surface area (Å²) >= 11 is 3.15. The average molecular weight is 425 g/mol. The second-order valence-electron chi connectivity index (χ2n) is 6.16. The van der Waals surface area contributed by atoms with Crippen LogP contribution in [-0.4, -0.2) is 38.4 Å². The molecule has 146 valence electrons. The molecule has 4 heterocycles.